The van der Waals surface area contributed by atoms with Crippen LogP contribution < -0.4 is 0 Å². The predicted molar refractivity (Wildman–Crippen MR) is 97.6 cm³/mol. The maximum Gasteiger partial charge on any atom is 0.271 e. The van der Waals surface area contributed by atoms with Crippen LogP contribution in [0.4, 0.5) is 0 Å². The zero-order chi connectivity index (χ0) is 18.3. The quantitative estimate of drug-likeness (QED) is 0.721. The summed E-state index contributed by atoms with van der Waals surface area (Å²) in [5.41, 5.74) is 3.54. The molecule has 0 unspecified atom stereocenters. The van der Waals surface area contributed by atoms with Crippen molar-refractivity contribution in [2.24, 2.45) is 0 Å². The van der Waals surface area contributed by atoms with Crippen LogP contribution in [0.2, 0.25) is 0 Å². The van der Waals surface area contributed by atoms with Crippen LogP contribution in [0.15, 0.2) is 47.1 Å². The lowest BCUT2D eigenvalue weighted by atomic mass is 9.93. The second kappa shape index (κ2) is 6.05. The van der Waals surface area contributed by atoms with Gasteiger partial charge in [0.2, 0.25) is 5.82 Å². The van der Waals surface area contributed by atoms with Crippen LogP contribution in [0.5, 0.6) is 0 Å². The molecule has 0 radical (unpaired) electrons. The molecule has 6 heteroatoms. The first-order valence-electron chi connectivity index (χ1n) is 8.60. The third-order valence-electron chi connectivity index (χ3n) is 4.88. The third kappa shape index (κ3) is 2.87. The highest BCUT2D eigenvalue weighted by molar-refractivity contribution is 5.92. The molecule has 4 rings (SSSR count). The number of amides is 1. The summed E-state index contributed by atoms with van der Waals surface area (Å²) in [7, 11) is 3.39. The molecule has 26 heavy (non-hydrogen) atoms. The topological polar surface area (TPSA) is 72.1 Å². The van der Waals surface area contributed by atoms with Gasteiger partial charge in [-0.05, 0) is 42.0 Å². The van der Waals surface area contributed by atoms with Crippen molar-refractivity contribution in [2.75, 3.05) is 14.1 Å². The fraction of sp³-hybridized carbons (Fsp3) is 0.300. The molecule has 2 heterocycles. The summed E-state index contributed by atoms with van der Waals surface area (Å²) in [5, 5.41) is 4.09. The van der Waals surface area contributed by atoms with E-state index in [0.29, 0.717) is 23.0 Å². The number of benzene rings is 1. The van der Waals surface area contributed by atoms with Gasteiger partial charge in [0.25, 0.3) is 11.8 Å². The number of rotatable bonds is 4. The van der Waals surface area contributed by atoms with Crippen LogP contribution >= 0.6 is 0 Å². The van der Waals surface area contributed by atoms with Gasteiger partial charge < -0.3 is 9.42 Å². The Labute approximate surface area is 151 Å². The number of carbonyl (C=O) groups excluding carboxylic acids is 1. The van der Waals surface area contributed by atoms with Gasteiger partial charge in [0, 0.05) is 31.4 Å². The summed E-state index contributed by atoms with van der Waals surface area (Å²) in [4.78, 5) is 22.2. The van der Waals surface area contributed by atoms with Crippen molar-refractivity contribution in [2.45, 2.75) is 25.2 Å². The van der Waals surface area contributed by atoms with E-state index >= 15 is 0 Å². The van der Waals surface area contributed by atoms with E-state index in [0.717, 1.165) is 5.56 Å². The van der Waals surface area contributed by atoms with Gasteiger partial charge >= 0.3 is 0 Å². The van der Waals surface area contributed by atoms with Crippen LogP contribution in [0.1, 0.15) is 35.8 Å². The molecule has 1 aliphatic rings. The molecule has 0 bridgehead atoms. The van der Waals surface area contributed by atoms with E-state index in [2.05, 4.69) is 28.1 Å². The van der Waals surface area contributed by atoms with Gasteiger partial charge in [-0.1, -0.05) is 30.3 Å². The number of hydrogen-bond acceptors (Lipinski definition) is 5. The molecule has 6 nitrogen and oxygen atoms in total. The number of nitrogens with zero attached hydrogens (tertiary/aromatic N) is 4. The maximum absolute atomic E-state index is 11.9. The standard InChI is InChI=1S/C20H20N4O2/c1-20(10-11-20)15-7-5-4-6-14(15)18-22-17(23-26-18)13-8-9-16(21-12-13)19(25)24(2)3/h4-9,12H,10-11H2,1-3H3. The van der Waals surface area contributed by atoms with E-state index < -0.39 is 0 Å². The summed E-state index contributed by atoms with van der Waals surface area (Å²) in [5.74, 6) is 0.834. The largest absolute Gasteiger partial charge is 0.343 e. The first-order chi connectivity index (χ1) is 12.5. The van der Waals surface area contributed by atoms with Gasteiger partial charge in [-0.25, -0.2) is 0 Å². The summed E-state index contributed by atoms with van der Waals surface area (Å²) in [6.45, 7) is 2.26. The molecule has 1 aliphatic carbocycles. The van der Waals surface area contributed by atoms with Crippen molar-refractivity contribution in [3.05, 3.63) is 53.9 Å². The van der Waals surface area contributed by atoms with Gasteiger partial charge in [-0.15, -0.1) is 0 Å². The predicted octanol–water partition coefficient (Wildman–Crippen LogP) is 3.55. The molecule has 1 fully saturated rings. The number of aromatic nitrogens is 3. The highest BCUT2D eigenvalue weighted by atomic mass is 16.5. The smallest absolute Gasteiger partial charge is 0.271 e. The molecule has 1 amide bonds. The van der Waals surface area contributed by atoms with E-state index in [9.17, 15) is 4.79 Å². The number of carbonyl (C=O) groups is 1. The Hall–Kier alpha value is -3.02. The van der Waals surface area contributed by atoms with E-state index in [4.69, 9.17) is 4.52 Å². The summed E-state index contributed by atoms with van der Waals surface area (Å²) in [6, 6.07) is 11.6. The average Bonchev–Trinajstić information content (AvgIpc) is 3.22. The molecule has 0 atom stereocenters. The fourth-order valence-electron chi connectivity index (χ4n) is 2.98. The van der Waals surface area contributed by atoms with Crippen molar-refractivity contribution in [3.63, 3.8) is 0 Å². The Kier molecular flexibility index (Phi) is 3.83. The first kappa shape index (κ1) is 16.4. The average molecular weight is 348 g/mol. The molecule has 0 N–H and O–H groups in total. The molecular formula is C20H20N4O2. The second-order valence-electron chi connectivity index (χ2n) is 7.16. The molecular weight excluding hydrogens is 328 g/mol. The van der Waals surface area contributed by atoms with Gasteiger partial charge in [0.15, 0.2) is 0 Å². The lowest BCUT2D eigenvalue weighted by Gasteiger charge is -2.11. The SMILES string of the molecule is CN(C)C(=O)c1ccc(-c2noc(-c3ccccc3C3(C)CC3)n2)cn1. The maximum atomic E-state index is 11.9. The normalized spacial score (nSPS) is 14.9. The molecule has 0 aliphatic heterocycles. The third-order valence-corrected chi connectivity index (χ3v) is 4.88. The van der Waals surface area contributed by atoms with E-state index in [1.807, 2.05) is 18.2 Å². The Bertz CT molecular complexity index is 956. The van der Waals surface area contributed by atoms with E-state index in [-0.39, 0.29) is 11.3 Å². The molecule has 0 saturated heterocycles. The fourth-order valence-corrected chi connectivity index (χ4v) is 2.98. The Morgan fingerprint density at radius 2 is 1.92 bits per heavy atom. The highest BCUT2D eigenvalue weighted by Gasteiger charge is 2.41. The Morgan fingerprint density at radius 3 is 2.58 bits per heavy atom. The van der Waals surface area contributed by atoms with Crippen LogP contribution in [0, 0.1) is 0 Å². The van der Waals surface area contributed by atoms with Crippen molar-refractivity contribution >= 4 is 5.91 Å². The van der Waals surface area contributed by atoms with Gasteiger partial charge in [-0.2, -0.15) is 4.98 Å². The molecule has 1 saturated carbocycles. The molecule has 132 valence electrons. The van der Waals surface area contributed by atoms with Crippen LogP contribution in [-0.4, -0.2) is 40.0 Å². The second-order valence-corrected chi connectivity index (χ2v) is 7.16. The minimum Gasteiger partial charge on any atom is -0.343 e. The van der Waals surface area contributed by atoms with Crippen LogP contribution in [0.3, 0.4) is 0 Å². The molecule has 2 aromatic heterocycles. The highest BCUT2D eigenvalue weighted by Crippen LogP contribution is 2.50. The van der Waals surface area contributed by atoms with Crippen molar-refractivity contribution < 1.29 is 9.32 Å². The first-order valence-corrected chi connectivity index (χ1v) is 8.60. The lowest BCUT2D eigenvalue weighted by molar-refractivity contribution is 0.0822. The monoisotopic (exact) mass is 348 g/mol. The molecule has 1 aromatic carbocycles. The van der Waals surface area contributed by atoms with E-state index in [1.54, 1.807) is 32.4 Å². The Morgan fingerprint density at radius 1 is 1.15 bits per heavy atom. The van der Waals surface area contributed by atoms with Gasteiger partial charge in [-0.3, -0.25) is 9.78 Å². The zero-order valence-corrected chi connectivity index (χ0v) is 15.1. The van der Waals surface area contributed by atoms with Crippen molar-refractivity contribution in [1.82, 2.24) is 20.0 Å². The van der Waals surface area contributed by atoms with Gasteiger partial charge in [0.1, 0.15) is 5.69 Å². The molecule has 0 spiro atoms. The lowest BCUT2D eigenvalue weighted by Crippen LogP contribution is -2.22. The summed E-state index contributed by atoms with van der Waals surface area (Å²) in [6.07, 6.45) is 3.95. The molecule has 3 aromatic rings. The number of pyridine rings is 1. The van der Waals surface area contributed by atoms with E-state index in [1.165, 1.54) is 23.3 Å². The minimum atomic E-state index is -0.142. The summed E-state index contributed by atoms with van der Waals surface area (Å²) >= 11 is 0. The summed E-state index contributed by atoms with van der Waals surface area (Å²) < 4.78 is 5.52. The van der Waals surface area contributed by atoms with Crippen LogP contribution in [-0.2, 0) is 5.41 Å². The zero-order valence-electron chi connectivity index (χ0n) is 15.1. The van der Waals surface area contributed by atoms with Gasteiger partial charge in [0.05, 0.1) is 0 Å². The number of hydrogen-bond donors (Lipinski definition) is 0. The van der Waals surface area contributed by atoms with Crippen molar-refractivity contribution in [1.29, 1.82) is 0 Å². The van der Waals surface area contributed by atoms with Crippen LogP contribution in [0.25, 0.3) is 22.8 Å². The minimum absolute atomic E-state index is 0.142. The Balaban J connectivity index is 1.64. The van der Waals surface area contributed by atoms with Crippen molar-refractivity contribution in [3.8, 4) is 22.8 Å².